The number of hydrogen-bond donors (Lipinski definition) is 1. The predicted molar refractivity (Wildman–Crippen MR) is 130 cm³/mol. The molecule has 0 saturated heterocycles. The van der Waals surface area contributed by atoms with Crippen LogP contribution in [0.1, 0.15) is 49.9 Å². The van der Waals surface area contributed by atoms with Crippen molar-refractivity contribution in [1.82, 2.24) is 0 Å². The van der Waals surface area contributed by atoms with Crippen LogP contribution in [0.5, 0.6) is 0 Å². The molecule has 1 atom stereocenters. The van der Waals surface area contributed by atoms with Gasteiger partial charge in [0.1, 0.15) is 5.76 Å². The molecule has 1 nitrogen and oxygen atoms in total. The summed E-state index contributed by atoms with van der Waals surface area (Å²) in [6.07, 6.45) is 12.9. The van der Waals surface area contributed by atoms with Crippen molar-refractivity contribution < 1.29 is 5.11 Å². The van der Waals surface area contributed by atoms with E-state index in [4.69, 9.17) is 0 Å². The number of hydrogen-bond acceptors (Lipinski definition) is 1. The highest BCUT2D eigenvalue weighted by Gasteiger charge is 2.14. The van der Waals surface area contributed by atoms with E-state index in [-0.39, 0.29) is 5.76 Å². The van der Waals surface area contributed by atoms with Gasteiger partial charge in [0.05, 0.1) is 0 Å². The molecular formula is C28H36O. The summed E-state index contributed by atoms with van der Waals surface area (Å²) in [6.45, 7) is 24.4. The van der Waals surface area contributed by atoms with Gasteiger partial charge in [0, 0.05) is 5.57 Å². The van der Waals surface area contributed by atoms with E-state index < -0.39 is 0 Å². The maximum absolute atomic E-state index is 9.83. The average Bonchev–Trinajstić information content (AvgIpc) is 2.67. The van der Waals surface area contributed by atoms with Crippen molar-refractivity contribution in [2.45, 2.75) is 48.0 Å². The monoisotopic (exact) mass is 388 g/mol. The van der Waals surface area contributed by atoms with Gasteiger partial charge in [-0.15, -0.1) is 0 Å². The zero-order valence-electron chi connectivity index (χ0n) is 19.0. The SMILES string of the molecule is C=C/C(=C\C(=C)/C(=C\C)C(=C)O)c1cc(C)c(C)cc1CC(C)/C(C)=C/C=C\C. The molecule has 0 bridgehead atoms. The van der Waals surface area contributed by atoms with Gasteiger partial charge in [-0.1, -0.05) is 74.7 Å². The minimum Gasteiger partial charge on any atom is -0.508 e. The molecule has 154 valence electrons. The van der Waals surface area contributed by atoms with Crippen molar-refractivity contribution in [1.29, 1.82) is 0 Å². The zero-order chi connectivity index (χ0) is 22.1. The Kier molecular flexibility index (Phi) is 9.41. The van der Waals surface area contributed by atoms with Crippen LogP contribution >= 0.6 is 0 Å². The second-order valence-electron chi connectivity index (χ2n) is 7.61. The smallest absolute Gasteiger partial charge is 0.115 e. The third kappa shape index (κ3) is 6.64. The van der Waals surface area contributed by atoms with Crippen LogP contribution in [-0.4, -0.2) is 5.11 Å². The van der Waals surface area contributed by atoms with Gasteiger partial charge in [-0.05, 0) is 86.4 Å². The van der Waals surface area contributed by atoms with Gasteiger partial charge in [0.15, 0.2) is 0 Å². The van der Waals surface area contributed by atoms with Crippen molar-refractivity contribution >= 4 is 5.57 Å². The molecule has 0 fully saturated rings. The summed E-state index contributed by atoms with van der Waals surface area (Å²) in [5, 5.41) is 9.83. The number of aryl methyl sites for hydroxylation is 2. The van der Waals surface area contributed by atoms with E-state index in [0.29, 0.717) is 11.5 Å². The molecular weight excluding hydrogens is 352 g/mol. The quantitative estimate of drug-likeness (QED) is 0.334. The maximum Gasteiger partial charge on any atom is 0.115 e. The zero-order valence-corrected chi connectivity index (χ0v) is 19.0. The summed E-state index contributed by atoms with van der Waals surface area (Å²) in [5.41, 5.74) is 8.70. The largest absolute Gasteiger partial charge is 0.508 e. The Morgan fingerprint density at radius 1 is 1.14 bits per heavy atom. The van der Waals surface area contributed by atoms with E-state index in [1.807, 2.05) is 32.1 Å². The van der Waals surface area contributed by atoms with E-state index in [1.54, 1.807) is 0 Å². The van der Waals surface area contributed by atoms with Crippen molar-refractivity contribution in [2.24, 2.45) is 5.92 Å². The lowest BCUT2D eigenvalue weighted by molar-refractivity contribution is 0.428. The molecule has 1 N–H and O–H groups in total. The van der Waals surface area contributed by atoms with E-state index >= 15 is 0 Å². The second kappa shape index (κ2) is 11.3. The predicted octanol–water partition coefficient (Wildman–Crippen LogP) is 8.15. The Balaban J connectivity index is 3.47. The van der Waals surface area contributed by atoms with Crippen LogP contribution < -0.4 is 0 Å². The first kappa shape index (κ1) is 24.2. The lowest BCUT2D eigenvalue weighted by atomic mass is 9.86. The van der Waals surface area contributed by atoms with Gasteiger partial charge >= 0.3 is 0 Å². The highest BCUT2D eigenvalue weighted by Crippen LogP contribution is 2.30. The molecule has 29 heavy (non-hydrogen) atoms. The van der Waals surface area contributed by atoms with Gasteiger partial charge in [-0.2, -0.15) is 0 Å². The summed E-state index contributed by atoms with van der Waals surface area (Å²) in [6, 6.07) is 4.51. The highest BCUT2D eigenvalue weighted by molar-refractivity contribution is 5.79. The van der Waals surface area contributed by atoms with Crippen LogP contribution in [-0.2, 0) is 6.42 Å². The molecule has 0 saturated carbocycles. The van der Waals surface area contributed by atoms with Crippen molar-refractivity contribution in [3.05, 3.63) is 113 Å². The fourth-order valence-corrected chi connectivity index (χ4v) is 3.27. The Labute approximate surface area is 177 Å². The van der Waals surface area contributed by atoms with Crippen molar-refractivity contribution in [2.75, 3.05) is 0 Å². The molecule has 0 aliphatic heterocycles. The van der Waals surface area contributed by atoms with Gasteiger partial charge in [-0.3, -0.25) is 0 Å². The molecule has 0 aromatic heterocycles. The van der Waals surface area contributed by atoms with Crippen LogP contribution in [0.3, 0.4) is 0 Å². The normalized spacial score (nSPS) is 14.2. The first-order valence-electron chi connectivity index (χ1n) is 10.1. The van der Waals surface area contributed by atoms with Crippen LogP contribution in [0.25, 0.3) is 5.57 Å². The molecule has 0 spiro atoms. The molecule has 1 aromatic rings. The number of aliphatic hydroxyl groups excluding tert-OH is 1. The standard InChI is InChI=1S/C28H36O/c1-10-13-14-19(4)20(5)15-26-16-21(6)22(7)18-28(26)25(11-2)17-23(8)27(12-3)24(9)29/h10-14,16-18,20,29H,2,8-9,15H2,1,3-7H3/b13-10-,19-14+,25-17+,27-12+. The van der Waals surface area contributed by atoms with E-state index in [9.17, 15) is 5.11 Å². The first-order valence-corrected chi connectivity index (χ1v) is 10.1. The van der Waals surface area contributed by atoms with Gasteiger partial charge < -0.3 is 5.11 Å². The molecule has 0 aliphatic rings. The lowest BCUT2D eigenvalue weighted by Gasteiger charge is -2.19. The molecule has 0 amide bonds. The van der Waals surface area contributed by atoms with Gasteiger partial charge in [-0.25, -0.2) is 0 Å². The molecule has 1 aromatic carbocycles. The number of benzene rings is 1. The third-order valence-corrected chi connectivity index (χ3v) is 5.38. The van der Waals surface area contributed by atoms with Crippen LogP contribution in [0.15, 0.2) is 90.8 Å². The third-order valence-electron chi connectivity index (χ3n) is 5.38. The maximum atomic E-state index is 9.83. The summed E-state index contributed by atoms with van der Waals surface area (Å²) in [5.74, 6) is 0.445. The topological polar surface area (TPSA) is 20.2 Å². The number of allylic oxidation sites excluding steroid dienone is 9. The van der Waals surface area contributed by atoms with E-state index in [1.165, 1.54) is 22.3 Å². The average molecular weight is 389 g/mol. The van der Waals surface area contributed by atoms with Crippen LogP contribution in [0.4, 0.5) is 0 Å². The summed E-state index contributed by atoms with van der Waals surface area (Å²) in [7, 11) is 0. The molecule has 1 rings (SSSR count). The summed E-state index contributed by atoms with van der Waals surface area (Å²) in [4.78, 5) is 0. The molecule has 0 radical (unpaired) electrons. The van der Waals surface area contributed by atoms with E-state index in [0.717, 1.165) is 23.1 Å². The van der Waals surface area contributed by atoms with Gasteiger partial charge in [0.2, 0.25) is 0 Å². The fourth-order valence-electron chi connectivity index (χ4n) is 3.27. The highest BCUT2D eigenvalue weighted by atomic mass is 16.3. The molecule has 1 unspecified atom stereocenters. The molecule has 1 heteroatoms. The van der Waals surface area contributed by atoms with Crippen LogP contribution in [0.2, 0.25) is 0 Å². The Bertz CT molecular complexity index is 900. The minimum absolute atomic E-state index is 0.0239. The summed E-state index contributed by atoms with van der Waals surface area (Å²) < 4.78 is 0. The first-order chi connectivity index (χ1) is 13.7. The molecule has 0 aliphatic carbocycles. The minimum atomic E-state index is 0.0239. The van der Waals surface area contributed by atoms with Crippen molar-refractivity contribution in [3.8, 4) is 0 Å². The second-order valence-corrected chi connectivity index (χ2v) is 7.61. The molecule has 0 heterocycles. The lowest BCUT2D eigenvalue weighted by Crippen LogP contribution is -2.05. The Hall–Kier alpha value is -2.80. The van der Waals surface area contributed by atoms with Crippen molar-refractivity contribution in [3.63, 3.8) is 0 Å². The fraction of sp³-hybridized carbons (Fsp3) is 0.286. The number of rotatable bonds is 9. The Morgan fingerprint density at radius 3 is 2.28 bits per heavy atom. The number of aliphatic hydroxyl groups is 1. The van der Waals surface area contributed by atoms with Gasteiger partial charge in [0.25, 0.3) is 0 Å². The van der Waals surface area contributed by atoms with E-state index in [2.05, 4.69) is 77.8 Å². The van der Waals surface area contributed by atoms with Crippen LogP contribution in [0, 0.1) is 19.8 Å². The summed E-state index contributed by atoms with van der Waals surface area (Å²) >= 11 is 0. The Morgan fingerprint density at radius 2 is 1.76 bits per heavy atom.